The number of ether oxygens (including phenoxy) is 3. The predicted molar refractivity (Wildman–Crippen MR) is 80.7 cm³/mol. The normalized spacial score (nSPS) is 14.5. The monoisotopic (exact) mass is 321 g/mol. The van der Waals surface area contributed by atoms with E-state index in [0.717, 1.165) is 0 Å². The summed E-state index contributed by atoms with van der Waals surface area (Å²) in [6.07, 6.45) is -0.155. The first-order valence-corrected chi connectivity index (χ1v) is 7.56. The fraction of sp³-hybridized carbons (Fsp3) is 0.357. The third-order valence-electron chi connectivity index (χ3n) is 3.17. The molecule has 1 aliphatic rings. The molecule has 0 bridgehead atoms. The summed E-state index contributed by atoms with van der Waals surface area (Å²) in [6.45, 7) is 2.86. The molecule has 3 rings (SSSR count). The van der Waals surface area contributed by atoms with Crippen molar-refractivity contribution < 1.29 is 19.0 Å². The molecule has 1 aromatic carbocycles. The van der Waals surface area contributed by atoms with E-state index in [4.69, 9.17) is 14.2 Å². The van der Waals surface area contributed by atoms with Crippen LogP contribution in [0.1, 0.15) is 28.4 Å². The van der Waals surface area contributed by atoms with Gasteiger partial charge in [0.05, 0.1) is 0 Å². The second kappa shape index (κ2) is 6.29. The minimum absolute atomic E-state index is 0.155. The van der Waals surface area contributed by atoms with E-state index < -0.39 is 0 Å². The highest BCUT2D eigenvalue weighted by Gasteiger charge is 2.17. The molecule has 2 aromatic rings. The van der Waals surface area contributed by atoms with Crippen molar-refractivity contribution in [2.45, 2.75) is 13.0 Å². The summed E-state index contributed by atoms with van der Waals surface area (Å²) < 4.78 is 16.1. The highest BCUT2D eigenvalue weighted by atomic mass is 32.1. The molecule has 1 amide bonds. The molecule has 7 nitrogen and oxygen atoms in total. The predicted octanol–water partition coefficient (Wildman–Crippen LogP) is 2.27. The maximum Gasteiger partial charge on any atom is 0.257 e. The van der Waals surface area contributed by atoms with Gasteiger partial charge in [0.25, 0.3) is 5.91 Å². The summed E-state index contributed by atoms with van der Waals surface area (Å²) in [4.78, 5) is 12.2. The van der Waals surface area contributed by atoms with Crippen LogP contribution in [0.5, 0.6) is 11.5 Å². The van der Waals surface area contributed by atoms with E-state index in [2.05, 4.69) is 15.5 Å². The lowest BCUT2D eigenvalue weighted by molar-refractivity contribution is 0.102. The minimum Gasteiger partial charge on any atom is -0.486 e. The molecule has 1 aromatic heterocycles. The van der Waals surface area contributed by atoms with Crippen molar-refractivity contribution in [3.8, 4) is 11.5 Å². The van der Waals surface area contributed by atoms with Gasteiger partial charge < -0.3 is 14.2 Å². The fourth-order valence-corrected chi connectivity index (χ4v) is 2.67. The number of hydrogen-bond acceptors (Lipinski definition) is 7. The van der Waals surface area contributed by atoms with Crippen LogP contribution in [0.15, 0.2) is 18.2 Å². The van der Waals surface area contributed by atoms with Crippen LogP contribution in [-0.4, -0.2) is 36.4 Å². The molecule has 0 spiro atoms. The highest BCUT2D eigenvalue weighted by Crippen LogP contribution is 2.31. The molecule has 2 heterocycles. The van der Waals surface area contributed by atoms with Gasteiger partial charge in [-0.1, -0.05) is 11.3 Å². The van der Waals surface area contributed by atoms with E-state index in [1.807, 2.05) is 6.92 Å². The van der Waals surface area contributed by atoms with Gasteiger partial charge in [0.15, 0.2) is 11.5 Å². The van der Waals surface area contributed by atoms with Crippen LogP contribution in [-0.2, 0) is 4.74 Å². The van der Waals surface area contributed by atoms with Crippen LogP contribution in [0.3, 0.4) is 0 Å². The summed E-state index contributed by atoms with van der Waals surface area (Å²) >= 11 is 1.28. The minimum atomic E-state index is -0.273. The SMILES string of the molecule is COC(C)c1nnc(NC(=O)c2ccc3c(c2)OCCO3)s1. The molecular weight excluding hydrogens is 306 g/mol. The van der Waals surface area contributed by atoms with Crippen LogP contribution in [0, 0.1) is 0 Å². The van der Waals surface area contributed by atoms with Crippen molar-refractivity contribution in [3.63, 3.8) is 0 Å². The molecule has 0 aliphatic carbocycles. The Labute approximate surface area is 131 Å². The number of aromatic nitrogens is 2. The van der Waals surface area contributed by atoms with Gasteiger partial charge in [-0.05, 0) is 25.1 Å². The van der Waals surface area contributed by atoms with Gasteiger partial charge in [0.2, 0.25) is 5.13 Å². The van der Waals surface area contributed by atoms with E-state index in [9.17, 15) is 4.79 Å². The van der Waals surface area contributed by atoms with E-state index >= 15 is 0 Å². The quantitative estimate of drug-likeness (QED) is 0.930. The van der Waals surface area contributed by atoms with Gasteiger partial charge in [-0.3, -0.25) is 10.1 Å². The van der Waals surface area contributed by atoms with Crippen molar-refractivity contribution in [2.24, 2.45) is 0 Å². The standard InChI is InChI=1S/C14H15N3O4S/c1-8(19-2)13-16-17-14(22-13)15-12(18)9-3-4-10-11(7-9)21-6-5-20-10/h3-4,7-8H,5-6H2,1-2H3,(H,15,17,18). The zero-order valence-corrected chi connectivity index (χ0v) is 13.0. The summed E-state index contributed by atoms with van der Waals surface area (Å²) in [7, 11) is 1.60. The number of rotatable bonds is 4. The number of hydrogen-bond donors (Lipinski definition) is 1. The number of benzene rings is 1. The molecule has 1 unspecified atom stereocenters. The van der Waals surface area contributed by atoms with Gasteiger partial charge in [-0.15, -0.1) is 10.2 Å². The Kier molecular flexibility index (Phi) is 4.21. The van der Waals surface area contributed by atoms with Crippen molar-refractivity contribution in [3.05, 3.63) is 28.8 Å². The van der Waals surface area contributed by atoms with Crippen LogP contribution >= 0.6 is 11.3 Å². The summed E-state index contributed by atoms with van der Waals surface area (Å²) in [6, 6.07) is 5.06. The molecule has 1 atom stereocenters. The van der Waals surface area contributed by atoms with Crippen molar-refractivity contribution in [1.29, 1.82) is 0 Å². The first kappa shape index (κ1) is 14.7. The molecule has 0 saturated heterocycles. The molecule has 8 heteroatoms. The summed E-state index contributed by atoms with van der Waals surface area (Å²) in [5.41, 5.74) is 0.473. The number of carbonyl (C=O) groups is 1. The van der Waals surface area contributed by atoms with Crippen LogP contribution < -0.4 is 14.8 Å². The molecule has 22 heavy (non-hydrogen) atoms. The lowest BCUT2D eigenvalue weighted by Crippen LogP contribution is -2.17. The number of carbonyl (C=O) groups excluding carboxylic acids is 1. The maximum absolute atomic E-state index is 12.2. The van der Waals surface area contributed by atoms with E-state index in [0.29, 0.717) is 40.4 Å². The number of fused-ring (bicyclic) bond motifs is 1. The van der Waals surface area contributed by atoms with Gasteiger partial charge >= 0.3 is 0 Å². The zero-order chi connectivity index (χ0) is 15.5. The van der Waals surface area contributed by atoms with E-state index in [-0.39, 0.29) is 12.0 Å². The van der Waals surface area contributed by atoms with E-state index in [1.54, 1.807) is 25.3 Å². The van der Waals surface area contributed by atoms with Crippen molar-refractivity contribution in [2.75, 3.05) is 25.6 Å². The number of amides is 1. The number of anilines is 1. The Balaban J connectivity index is 1.73. The topological polar surface area (TPSA) is 82.6 Å². The molecule has 0 fully saturated rings. The first-order valence-electron chi connectivity index (χ1n) is 6.74. The zero-order valence-electron chi connectivity index (χ0n) is 12.2. The highest BCUT2D eigenvalue weighted by molar-refractivity contribution is 7.15. The van der Waals surface area contributed by atoms with Gasteiger partial charge in [0.1, 0.15) is 24.3 Å². The molecule has 1 aliphatic heterocycles. The summed E-state index contributed by atoms with van der Waals surface area (Å²) in [5.74, 6) is 0.949. The first-order chi connectivity index (χ1) is 10.7. The second-order valence-electron chi connectivity index (χ2n) is 4.64. The smallest absolute Gasteiger partial charge is 0.257 e. The Morgan fingerprint density at radius 3 is 2.86 bits per heavy atom. The number of nitrogens with zero attached hydrogens (tertiary/aromatic N) is 2. The van der Waals surface area contributed by atoms with Crippen LogP contribution in [0.2, 0.25) is 0 Å². The second-order valence-corrected chi connectivity index (χ2v) is 5.65. The third kappa shape index (κ3) is 3.02. The van der Waals surface area contributed by atoms with Gasteiger partial charge in [-0.2, -0.15) is 0 Å². The summed E-state index contributed by atoms with van der Waals surface area (Å²) in [5, 5.41) is 11.8. The Hall–Kier alpha value is -2.19. The Morgan fingerprint density at radius 2 is 2.09 bits per heavy atom. The van der Waals surface area contributed by atoms with Crippen LogP contribution in [0.4, 0.5) is 5.13 Å². The van der Waals surface area contributed by atoms with Crippen molar-refractivity contribution in [1.82, 2.24) is 10.2 Å². The maximum atomic E-state index is 12.2. The third-order valence-corrected chi connectivity index (χ3v) is 4.17. The Morgan fingerprint density at radius 1 is 1.32 bits per heavy atom. The number of methoxy groups -OCH3 is 1. The average Bonchev–Trinajstić information content (AvgIpc) is 3.02. The van der Waals surface area contributed by atoms with Gasteiger partial charge in [-0.25, -0.2) is 0 Å². The largest absolute Gasteiger partial charge is 0.486 e. The molecule has 116 valence electrons. The van der Waals surface area contributed by atoms with E-state index in [1.165, 1.54) is 11.3 Å². The number of nitrogens with one attached hydrogen (secondary N) is 1. The lowest BCUT2D eigenvalue weighted by atomic mass is 10.2. The van der Waals surface area contributed by atoms with Crippen LogP contribution in [0.25, 0.3) is 0 Å². The lowest BCUT2D eigenvalue weighted by Gasteiger charge is -2.18. The molecule has 0 saturated carbocycles. The molecule has 1 N–H and O–H groups in total. The van der Waals surface area contributed by atoms with Crippen molar-refractivity contribution >= 4 is 22.4 Å². The molecule has 0 radical (unpaired) electrons. The molecular formula is C14H15N3O4S. The average molecular weight is 321 g/mol. The fourth-order valence-electron chi connectivity index (χ4n) is 1.90. The Bertz CT molecular complexity index is 688. The van der Waals surface area contributed by atoms with Gasteiger partial charge in [0, 0.05) is 12.7 Å².